The number of amides is 1. The zero-order valence-electron chi connectivity index (χ0n) is 18.3. The topological polar surface area (TPSA) is 74.7 Å². The molecule has 0 aliphatic carbocycles. The van der Waals surface area contributed by atoms with Crippen LogP contribution in [0.5, 0.6) is 0 Å². The van der Waals surface area contributed by atoms with Crippen molar-refractivity contribution in [2.75, 3.05) is 11.9 Å². The van der Waals surface area contributed by atoms with Gasteiger partial charge in [0.15, 0.2) is 6.61 Å². The van der Waals surface area contributed by atoms with Gasteiger partial charge in [0.1, 0.15) is 17.2 Å². The quantitative estimate of drug-likeness (QED) is 0.584. The fourth-order valence-corrected chi connectivity index (χ4v) is 2.89. The highest BCUT2D eigenvalue weighted by molar-refractivity contribution is 5.95. The van der Waals surface area contributed by atoms with Crippen LogP contribution in [-0.4, -0.2) is 51.2 Å². The maximum atomic E-state index is 13.2. The first kappa shape index (κ1) is 25.6. The van der Waals surface area contributed by atoms with E-state index in [2.05, 4.69) is 10.3 Å². The number of carbonyl (C=O) groups excluding carboxylic acids is 1. The maximum Gasteiger partial charge on any atom is 0.456 e. The minimum atomic E-state index is -5.70. The fourth-order valence-electron chi connectivity index (χ4n) is 2.89. The third-order valence-electron chi connectivity index (χ3n) is 4.82. The molecule has 1 aromatic heterocycles. The highest BCUT2D eigenvalue weighted by Gasteiger charge is 2.58. The number of aliphatic hydroxyl groups is 1. The first-order valence-electron chi connectivity index (χ1n) is 9.78. The number of ether oxygens (including phenoxy) is 1. The number of nitrogens with zero attached hydrogens (tertiary/aromatic N) is 2. The minimum Gasteiger partial charge on any atom is -0.485 e. The molecule has 11 heteroatoms. The summed E-state index contributed by atoms with van der Waals surface area (Å²) < 4.78 is 68.3. The van der Waals surface area contributed by atoms with Crippen LogP contribution in [0.4, 0.5) is 27.8 Å². The number of hydrogen-bond acceptors (Lipinski definition) is 5. The molecule has 0 spiro atoms. The molecule has 2 atom stereocenters. The van der Waals surface area contributed by atoms with Crippen LogP contribution in [0.25, 0.3) is 0 Å². The van der Waals surface area contributed by atoms with Crippen molar-refractivity contribution in [2.45, 2.75) is 64.4 Å². The van der Waals surface area contributed by atoms with Crippen molar-refractivity contribution in [1.29, 1.82) is 0 Å². The lowest BCUT2D eigenvalue weighted by molar-refractivity contribution is -0.293. The van der Waals surface area contributed by atoms with Gasteiger partial charge in [0.05, 0.1) is 6.04 Å². The third kappa shape index (κ3) is 6.18. The Kier molecular flexibility index (Phi) is 7.23. The summed E-state index contributed by atoms with van der Waals surface area (Å²) in [5, 5.41) is 12.3. The Morgan fingerprint density at radius 1 is 1.28 bits per heavy atom. The van der Waals surface area contributed by atoms with Crippen LogP contribution in [0.1, 0.15) is 45.0 Å². The standard InChI is InChI=1S/C21H26F5N3O3/c1-12-8-15(9-17(27-12)28-18(30)19(4,5)31)14(3)29-10-16(7-6-13(29)2)32-11-20(22,23)21(24,25)26/h6-10,13-14,31H,11H2,1-5H3,(H,27,28,30). The van der Waals surface area contributed by atoms with Crippen LogP contribution in [-0.2, 0) is 9.53 Å². The number of halogens is 5. The molecule has 0 bridgehead atoms. The van der Waals surface area contributed by atoms with Gasteiger partial charge in [-0.1, -0.05) is 6.08 Å². The third-order valence-corrected chi connectivity index (χ3v) is 4.82. The van der Waals surface area contributed by atoms with E-state index in [9.17, 15) is 31.9 Å². The Hall–Kier alpha value is -2.69. The van der Waals surface area contributed by atoms with Gasteiger partial charge in [0, 0.05) is 17.9 Å². The van der Waals surface area contributed by atoms with Gasteiger partial charge < -0.3 is 20.1 Å². The highest BCUT2D eigenvalue weighted by atomic mass is 19.4. The monoisotopic (exact) mass is 463 g/mol. The number of hydrogen-bond donors (Lipinski definition) is 2. The molecule has 2 unspecified atom stereocenters. The number of rotatable bonds is 7. The number of pyridine rings is 1. The molecule has 0 aromatic carbocycles. The second kappa shape index (κ2) is 9.05. The van der Waals surface area contributed by atoms with Crippen LogP contribution in [0.15, 0.2) is 36.2 Å². The van der Waals surface area contributed by atoms with Gasteiger partial charge in [0.2, 0.25) is 0 Å². The zero-order chi connectivity index (χ0) is 24.5. The fraction of sp³-hybridized carbons (Fsp3) is 0.524. The molecular weight excluding hydrogens is 437 g/mol. The number of aryl methyl sites for hydroxylation is 1. The summed E-state index contributed by atoms with van der Waals surface area (Å²) in [4.78, 5) is 18.0. The SMILES string of the molecule is Cc1cc(C(C)N2C=C(OCC(F)(F)C(F)(F)F)C=CC2C)cc(NC(=O)C(C)(C)O)n1. The van der Waals surface area contributed by atoms with Crippen molar-refractivity contribution in [1.82, 2.24) is 9.88 Å². The maximum absolute atomic E-state index is 13.2. The average Bonchev–Trinajstić information content (AvgIpc) is 2.64. The predicted octanol–water partition coefficient (Wildman–Crippen LogP) is 4.48. The lowest BCUT2D eigenvalue weighted by Crippen LogP contribution is -2.41. The van der Waals surface area contributed by atoms with Crippen molar-refractivity contribution in [2.24, 2.45) is 0 Å². The molecule has 2 rings (SSSR count). The number of aromatic nitrogens is 1. The molecule has 1 aliphatic rings. The van der Waals surface area contributed by atoms with E-state index in [1.54, 1.807) is 37.0 Å². The molecule has 0 saturated carbocycles. The van der Waals surface area contributed by atoms with Gasteiger partial charge in [-0.3, -0.25) is 4.79 Å². The number of allylic oxidation sites excluding steroid dienone is 1. The molecule has 6 nitrogen and oxygen atoms in total. The summed E-state index contributed by atoms with van der Waals surface area (Å²) in [5.41, 5.74) is -0.343. The van der Waals surface area contributed by atoms with E-state index in [1.807, 2.05) is 6.92 Å². The Bertz CT molecular complexity index is 907. The van der Waals surface area contributed by atoms with E-state index in [-0.39, 0.29) is 23.7 Å². The lowest BCUT2D eigenvalue weighted by atomic mass is 10.0. The summed E-state index contributed by atoms with van der Waals surface area (Å²) >= 11 is 0. The van der Waals surface area contributed by atoms with Crippen molar-refractivity contribution < 1.29 is 36.6 Å². The summed E-state index contributed by atoms with van der Waals surface area (Å²) in [6, 6.07) is 2.75. The van der Waals surface area contributed by atoms with Crippen LogP contribution in [0.2, 0.25) is 0 Å². The Morgan fingerprint density at radius 2 is 1.91 bits per heavy atom. The Labute approximate surface area is 182 Å². The molecular formula is C21H26F5N3O3. The Morgan fingerprint density at radius 3 is 2.47 bits per heavy atom. The van der Waals surface area contributed by atoms with Gasteiger partial charge >= 0.3 is 12.1 Å². The molecule has 1 amide bonds. The van der Waals surface area contributed by atoms with Gasteiger partial charge in [-0.05, 0) is 58.4 Å². The number of anilines is 1. The van der Waals surface area contributed by atoms with E-state index in [1.165, 1.54) is 26.1 Å². The molecule has 178 valence electrons. The molecule has 2 heterocycles. The van der Waals surface area contributed by atoms with Crippen molar-refractivity contribution in [3.05, 3.63) is 47.5 Å². The van der Waals surface area contributed by atoms with E-state index in [0.29, 0.717) is 11.3 Å². The van der Waals surface area contributed by atoms with E-state index in [0.717, 1.165) is 0 Å². The summed E-state index contributed by atoms with van der Waals surface area (Å²) in [7, 11) is 0. The molecule has 1 aromatic rings. The van der Waals surface area contributed by atoms with Crippen LogP contribution >= 0.6 is 0 Å². The van der Waals surface area contributed by atoms with Gasteiger partial charge in [-0.25, -0.2) is 4.98 Å². The smallest absolute Gasteiger partial charge is 0.456 e. The number of carbonyl (C=O) groups is 1. The average molecular weight is 463 g/mol. The van der Waals surface area contributed by atoms with Crippen molar-refractivity contribution >= 4 is 11.7 Å². The highest BCUT2D eigenvalue weighted by Crippen LogP contribution is 2.36. The normalized spacial score (nSPS) is 18.3. The van der Waals surface area contributed by atoms with Crippen LogP contribution in [0.3, 0.4) is 0 Å². The summed E-state index contributed by atoms with van der Waals surface area (Å²) in [5.74, 6) is -5.55. The van der Waals surface area contributed by atoms with Crippen molar-refractivity contribution in [3.63, 3.8) is 0 Å². The molecule has 1 aliphatic heterocycles. The largest absolute Gasteiger partial charge is 0.485 e. The second-order valence-electron chi connectivity index (χ2n) is 8.19. The first-order valence-corrected chi connectivity index (χ1v) is 9.78. The molecule has 0 fully saturated rings. The van der Waals surface area contributed by atoms with Crippen molar-refractivity contribution in [3.8, 4) is 0 Å². The second-order valence-corrected chi connectivity index (χ2v) is 8.19. The minimum absolute atomic E-state index is 0.139. The number of alkyl halides is 5. The molecule has 2 N–H and O–H groups in total. The van der Waals surface area contributed by atoms with E-state index in [4.69, 9.17) is 4.74 Å². The van der Waals surface area contributed by atoms with Crippen LogP contribution < -0.4 is 5.32 Å². The van der Waals surface area contributed by atoms with Gasteiger partial charge in [0.25, 0.3) is 5.91 Å². The van der Waals surface area contributed by atoms with Gasteiger partial charge in [-0.15, -0.1) is 0 Å². The van der Waals surface area contributed by atoms with E-state index < -0.39 is 30.2 Å². The predicted molar refractivity (Wildman–Crippen MR) is 108 cm³/mol. The first-order chi connectivity index (χ1) is 14.5. The summed E-state index contributed by atoms with van der Waals surface area (Å²) in [6.07, 6.45) is -1.38. The summed E-state index contributed by atoms with van der Waals surface area (Å²) in [6.45, 7) is 6.15. The van der Waals surface area contributed by atoms with E-state index >= 15 is 0 Å². The lowest BCUT2D eigenvalue weighted by Gasteiger charge is -2.35. The molecule has 32 heavy (non-hydrogen) atoms. The van der Waals surface area contributed by atoms with Crippen LogP contribution in [0, 0.1) is 6.92 Å². The molecule has 0 radical (unpaired) electrons. The number of nitrogens with one attached hydrogen (secondary N) is 1. The Balaban J connectivity index is 2.23. The van der Waals surface area contributed by atoms with Gasteiger partial charge in [-0.2, -0.15) is 22.0 Å². The zero-order valence-corrected chi connectivity index (χ0v) is 18.3. The molecule has 0 saturated heterocycles.